The number of fused-ring (bicyclic) bond motifs is 8. The number of H-pyrrole nitrogens is 2. The maximum atomic E-state index is 11.6. The van der Waals surface area contributed by atoms with E-state index in [4.69, 9.17) is 21.4 Å². The Kier molecular flexibility index (Phi) is 8.05. The van der Waals surface area contributed by atoms with E-state index in [9.17, 15) is 20.2 Å². The molecule has 12 heteroatoms. The van der Waals surface area contributed by atoms with E-state index in [1.807, 2.05) is 97.1 Å². The molecule has 2 aliphatic rings. The summed E-state index contributed by atoms with van der Waals surface area (Å²) in [5, 5.41) is 23.2. The number of nitro groups is 2. The van der Waals surface area contributed by atoms with Crippen molar-refractivity contribution in [3.05, 3.63) is 164 Å². The van der Waals surface area contributed by atoms with Gasteiger partial charge in [-0.05, 0) is 119 Å². The van der Waals surface area contributed by atoms with Gasteiger partial charge < -0.3 is 21.4 Å². The van der Waals surface area contributed by atoms with Crippen LogP contribution in [-0.2, 0) is 0 Å². The first kappa shape index (κ1) is 33.7. The summed E-state index contributed by atoms with van der Waals surface area (Å²) >= 11 is 0. The van der Waals surface area contributed by atoms with Crippen LogP contribution in [0.4, 0.5) is 22.7 Å². The second-order valence-corrected chi connectivity index (χ2v) is 13.4. The zero-order valence-electron chi connectivity index (χ0n) is 29.4. The molecule has 2 aliphatic heterocycles. The summed E-state index contributed by atoms with van der Waals surface area (Å²) in [6, 6.07) is 35.9. The van der Waals surface area contributed by atoms with Gasteiger partial charge in [0.05, 0.1) is 32.6 Å². The minimum absolute atomic E-state index is 0.0191. The van der Waals surface area contributed by atoms with E-state index in [0.717, 1.165) is 66.6 Å². The Morgan fingerprint density at radius 3 is 0.893 bits per heavy atom. The van der Waals surface area contributed by atoms with Crippen molar-refractivity contribution in [1.82, 2.24) is 19.9 Å². The van der Waals surface area contributed by atoms with Crippen LogP contribution in [0.3, 0.4) is 0 Å². The Morgan fingerprint density at radius 2 is 0.643 bits per heavy atom. The van der Waals surface area contributed by atoms with Gasteiger partial charge in [-0.3, -0.25) is 20.2 Å². The van der Waals surface area contributed by atoms with Gasteiger partial charge in [-0.1, -0.05) is 24.3 Å². The predicted molar refractivity (Wildman–Crippen MR) is 223 cm³/mol. The summed E-state index contributed by atoms with van der Waals surface area (Å²) in [5.74, 6) is 0. The number of benzene rings is 4. The molecule has 0 saturated carbocycles. The topological polar surface area (TPSA) is 196 Å². The molecule has 270 valence electrons. The molecule has 0 fully saturated rings. The lowest BCUT2D eigenvalue weighted by Gasteiger charge is -2.07. The van der Waals surface area contributed by atoms with Crippen LogP contribution in [0.5, 0.6) is 0 Å². The molecule has 0 aliphatic carbocycles. The molecule has 5 heterocycles. The van der Waals surface area contributed by atoms with E-state index >= 15 is 0 Å². The van der Waals surface area contributed by atoms with Crippen LogP contribution in [0, 0.1) is 20.2 Å². The molecule has 3 aromatic heterocycles. The summed E-state index contributed by atoms with van der Waals surface area (Å²) in [6.07, 6.45) is 7.78. The Hall–Kier alpha value is -8.12. The van der Waals surface area contributed by atoms with E-state index in [2.05, 4.69) is 9.97 Å². The first-order valence-electron chi connectivity index (χ1n) is 17.6. The lowest BCUT2D eigenvalue weighted by atomic mass is 10.0. The molecule has 7 aromatic rings. The van der Waals surface area contributed by atoms with Gasteiger partial charge in [-0.2, -0.15) is 0 Å². The van der Waals surface area contributed by atoms with Crippen LogP contribution in [0.25, 0.3) is 90.9 Å². The van der Waals surface area contributed by atoms with E-state index in [1.165, 1.54) is 24.3 Å². The Morgan fingerprint density at radius 1 is 0.393 bits per heavy atom. The van der Waals surface area contributed by atoms with Gasteiger partial charge in [-0.25, -0.2) is 9.97 Å². The molecule has 0 saturated heterocycles. The number of nitrogen functional groups attached to an aromatic ring is 2. The van der Waals surface area contributed by atoms with Crippen molar-refractivity contribution < 1.29 is 9.85 Å². The Balaban J connectivity index is 1.44. The number of nitrogens with two attached hydrogens (primary N) is 2. The predicted octanol–water partition coefficient (Wildman–Crippen LogP) is 10.3. The summed E-state index contributed by atoms with van der Waals surface area (Å²) < 4.78 is 0. The lowest BCUT2D eigenvalue weighted by Crippen LogP contribution is -1.91. The smallest absolute Gasteiger partial charge is 0.269 e. The number of nitrogens with zero attached hydrogens (tertiary/aromatic N) is 4. The van der Waals surface area contributed by atoms with Crippen molar-refractivity contribution in [3.63, 3.8) is 0 Å². The normalized spacial score (nSPS) is 11.9. The van der Waals surface area contributed by atoms with Gasteiger partial charge in [-0.15, -0.1) is 0 Å². The van der Waals surface area contributed by atoms with Crippen LogP contribution < -0.4 is 11.5 Å². The number of aromatic amines is 2. The Labute approximate surface area is 318 Å². The molecule has 56 heavy (non-hydrogen) atoms. The van der Waals surface area contributed by atoms with Crippen molar-refractivity contribution in [2.75, 3.05) is 11.5 Å². The van der Waals surface area contributed by atoms with Crippen LogP contribution in [0.2, 0.25) is 0 Å². The van der Waals surface area contributed by atoms with Gasteiger partial charge in [0.1, 0.15) is 0 Å². The number of anilines is 2. The number of hydrogen-bond acceptors (Lipinski definition) is 8. The van der Waals surface area contributed by atoms with Crippen molar-refractivity contribution >= 4 is 69.1 Å². The van der Waals surface area contributed by atoms with Gasteiger partial charge in [0, 0.05) is 80.0 Å². The average Bonchev–Trinajstić information content (AvgIpc) is 4.05. The molecule has 9 rings (SSSR count). The monoisotopic (exact) mass is 734 g/mol. The van der Waals surface area contributed by atoms with E-state index in [0.29, 0.717) is 34.2 Å². The molecule has 0 radical (unpaired) electrons. The van der Waals surface area contributed by atoms with Crippen LogP contribution in [-0.4, -0.2) is 29.8 Å². The minimum atomic E-state index is -0.420. The van der Waals surface area contributed by atoms with Crippen LogP contribution >= 0.6 is 0 Å². The molecule has 4 aromatic carbocycles. The second kappa shape index (κ2) is 13.4. The van der Waals surface area contributed by atoms with Gasteiger partial charge in [0.15, 0.2) is 0 Å². The third-order valence-electron chi connectivity index (χ3n) is 9.89. The molecule has 8 bridgehead atoms. The fourth-order valence-corrected chi connectivity index (χ4v) is 7.22. The summed E-state index contributed by atoms with van der Waals surface area (Å²) in [4.78, 5) is 40.1. The first-order valence-corrected chi connectivity index (χ1v) is 17.6. The highest BCUT2D eigenvalue weighted by atomic mass is 16.6. The molecule has 12 nitrogen and oxygen atoms in total. The fourth-order valence-electron chi connectivity index (χ4n) is 7.22. The summed E-state index contributed by atoms with van der Waals surface area (Å²) in [7, 11) is 0. The van der Waals surface area contributed by atoms with Gasteiger partial charge in [0.25, 0.3) is 11.4 Å². The molecule has 0 amide bonds. The minimum Gasteiger partial charge on any atom is -0.399 e. The van der Waals surface area contributed by atoms with E-state index in [1.54, 1.807) is 24.3 Å². The lowest BCUT2D eigenvalue weighted by molar-refractivity contribution is -0.385. The zero-order valence-corrected chi connectivity index (χ0v) is 29.4. The maximum Gasteiger partial charge on any atom is 0.269 e. The SMILES string of the molecule is Nc1ccc(-c2c3nc(c(-c4ccc([N+](=O)[O-])cc4)c4ccc([nH]4)c(-c4ccc(N)cc4)c4nc(c(-c5ccc([N+](=O)[O-])cc5)c5ccc2[nH]5)C=C4)C=C3)cc1. The van der Waals surface area contributed by atoms with Crippen molar-refractivity contribution in [1.29, 1.82) is 0 Å². The number of hydrogen-bond donors (Lipinski definition) is 4. The Bertz CT molecular complexity index is 2760. The highest BCUT2D eigenvalue weighted by Gasteiger charge is 2.20. The molecular formula is C44H30N8O4. The standard InChI is InChI=1S/C44H30N8O4/c45-29-9-1-25(2-10-29)41-33-17-21-37(47-33)43(27-5-13-31(14-6-27)51(53)54)39-23-19-35(49-39)42(26-3-11-30(46)12-4-26)36-20-24-40(50-36)44(38-22-18-34(41)48-38)28-7-15-32(16-8-28)52(55)56/h1-24,47,50H,45-46H2. The van der Waals surface area contributed by atoms with Crippen LogP contribution in [0.1, 0.15) is 22.8 Å². The average molecular weight is 735 g/mol. The number of aromatic nitrogens is 4. The largest absolute Gasteiger partial charge is 0.399 e. The summed E-state index contributed by atoms with van der Waals surface area (Å²) in [5.41, 5.74) is 25.4. The van der Waals surface area contributed by atoms with Crippen molar-refractivity contribution in [2.45, 2.75) is 0 Å². The third-order valence-corrected chi connectivity index (χ3v) is 9.89. The van der Waals surface area contributed by atoms with Crippen LogP contribution in [0.15, 0.2) is 121 Å². The molecule has 0 atom stereocenters. The quantitative estimate of drug-likeness (QED) is 0.0735. The van der Waals surface area contributed by atoms with Gasteiger partial charge in [0.2, 0.25) is 0 Å². The van der Waals surface area contributed by atoms with E-state index < -0.39 is 9.85 Å². The van der Waals surface area contributed by atoms with E-state index in [-0.39, 0.29) is 11.4 Å². The van der Waals surface area contributed by atoms with Gasteiger partial charge >= 0.3 is 0 Å². The van der Waals surface area contributed by atoms with Crippen molar-refractivity contribution in [2.24, 2.45) is 0 Å². The third kappa shape index (κ3) is 6.02. The highest BCUT2D eigenvalue weighted by Crippen LogP contribution is 2.39. The number of nitro benzene ring substituents is 2. The fraction of sp³-hybridized carbons (Fsp3) is 0. The zero-order chi connectivity index (χ0) is 38.5. The first-order chi connectivity index (χ1) is 27.2. The number of non-ortho nitro benzene ring substituents is 2. The number of nitrogens with one attached hydrogen (secondary N) is 2. The maximum absolute atomic E-state index is 11.6. The molecule has 6 N–H and O–H groups in total. The molecule has 0 spiro atoms. The molecule has 0 unspecified atom stereocenters. The molecular weight excluding hydrogens is 705 g/mol. The van der Waals surface area contributed by atoms with Crippen molar-refractivity contribution in [3.8, 4) is 44.5 Å². The highest BCUT2D eigenvalue weighted by molar-refractivity contribution is 6.00. The number of rotatable bonds is 6. The summed E-state index contributed by atoms with van der Waals surface area (Å²) in [6.45, 7) is 0. The second-order valence-electron chi connectivity index (χ2n) is 13.4.